The van der Waals surface area contributed by atoms with Crippen LogP contribution in [0, 0.1) is 5.92 Å². The number of alkyl carbamates (subject to hydrolysis) is 1. The highest BCUT2D eigenvalue weighted by Crippen LogP contribution is 2.19. The molecule has 2 unspecified atom stereocenters. The molecule has 1 saturated heterocycles. The number of nitrogens with zero attached hydrogens (tertiary/aromatic N) is 1. The van der Waals surface area contributed by atoms with E-state index < -0.39 is 24.1 Å². The molecule has 0 aromatic carbocycles. The van der Waals surface area contributed by atoms with Gasteiger partial charge in [-0.25, -0.2) is 9.59 Å². The van der Waals surface area contributed by atoms with Crippen LogP contribution < -0.4 is 5.32 Å². The zero-order valence-corrected chi connectivity index (χ0v) is 11.2. The number of likely N-dealkylation sites (tertiary alicyclic amines) is 1. The summed E-state index contributed by atoms with van der Waals surface area (Å²) in [6.45, 7) is 0.466. The van der Waals surface area contributed by atoms with Gasteiger partial charge in [0.05, 0.1) is 33.3 Å². The maximum absolute atomic E-state index is 11.6. The molecule has 1 rings (SSSR count). The zero-order chi connectivity index (χ0) is 14.4. The standard InChI is InChI=1S/C11H18N2O6/c1-17-9(14)7-4-8(12-10(15)18-2)6-13(5-7)11(16)19-3/h7-8H,4-6H2,1-3H3,(H,12,15). The number of methoxy groups -OCH3 is 3. The second-order valence-electron chi connectivity index (χ2n) is 4.16. The number of amides is 2. The van der Waals surface area contributed by atoms with E-state index in [2.05, 4.69) is 19.5 Å². The zero-order valence-electron chi connectivity index (χ0n) is 11.2. The second-order valence-corrected chi connectivity index (χ2v) is 4.16. The Balaban J connectivity index is 2.74. The van der Waals surface area contributed by atoms with Crippen molar-refractivity contribution in [3.05, 3.63) is 0 Å². The molecule has 0 spiro atoms. The Morgan fingerprint density at radius 1 is 1.05 bits per heavy atom. The van der Waals surface area contributed by atoms with E-state index >= 15 is 0 Å². The normalized spacial score (nSPS) is 22.4. The van der Waals surface area contributed by atoms with Gasteiger partial charge in [-0.3, -0.25) is 4.79 Å². The van der Waals surface area contributed by atoms with Gasteiger partial charge in [-0.2, -0.15) is 0 Å². The van der Waals surface area contributed by atoms with E-state index in [0.717, 1.165) is 0 Å². The van der Waals surface area contributed by atoms with Crippen LogP contribution in [-0.2, 0) is 19.0 Å². The Morgan fingerprint density at radius 2 is 1.74 bits per heavy atom. The fourth-order valence-corrected chi connectivity index (χ4v) is 2.04. The summed E-state index contributed by atoms with van der Waals surface area (Å²) in [5, 5.41) is 2.57. The molecule has 1 aliphatic rings. The fraction of sp³-hybridized carbons (Fsp3) is 0.727. The first-order valence-corrected chi connectivity index (χ1v) is 5.77. The van der Waals surface area contributed by atoms with Gasteiger partial charge < -0.3 is 24.4 Å². The van der Waals surface area contributed by atoms with Crippen molar-refractivity contribution in [2.75, 3.05) is 34.4 Å². The van der Waals surface area contributed by atoms with E-state index in [4.69, 9.17) is 0 Å². The van der Waals surface area contributed by atoms with Crippen molar-refractivity contribution >= 4 is 18.2 Å². The van der Waals surface area contributed by atoms with Crippen LogP contribution in [0.5, 0.6) is 0 Å². The molecule has 8 heteroatoms. The summed E-state index contributed by atoms with van der Waals surface area (Å²) in [4.78, 5) is 35.7. The Kier molecular flexibility index (Phi) is 5.40. The minimum Gasteiger partial charge on any atom is -0.469 e. The highest BCUT2D eigenvalue weighted by Gasteiger charge is 2.35. The molecule has 19 heavy (non-hydrogen) atoms. The number of piperidine rings is 1. The van der Waals surface area contributed by atoms with Gasteiger partial charge in [-0.1, -0.05) is 0 Å². The van der Waals surface area contributed by atoms with Crippen molar-refractivity contribution in [3.63, 3.8) is 0 Å². The van der Waals surface area contributed by atoms with Crippen molar-refractivity contribution in [1.29, 1.82) is 0 Å². The van der Waals surface area contributed by atoms with Crippen LogP contribution in [0.2, 0.25) is 0 Å². The van der Waals surface area contributed by atoms with Crippen LogP contribution in [0.3, 0.4) is 0 Å². The molecule has 8 nitrogen and oxygen atoms in total. The highest BCUT2D eigenvalue weighted by molar-refractivity contribution is 5.75. The first-order chi connectivity index (χ1) is 9.01. The third-order valence-electron chi connectivity index (χ3n) is 2.93. The molecule has 0 aromatic rings. The molecule has 0 bridgehead atoms. The molecular formula is C11H18N2O6. The fourth-order valence-electron chi connectivity index (χ4n) is 2.04. The SMILES string of the molecule is COC(=O)NC1CC(C(=O)OC)CN(C(=O)OC)C1. The summed E-state index contributed by atoms with van der Waals surface area (Å²) in [6, 6.07) is -0.385. The maximum atomic E-state index is 11.6. The Morgan fingerprint density at radius 3 is 2.26 bits per heavy atom. The lowest BCUT2D eigenvalue weighted by molar-refractivity contribution is -0.147. The Bertz CT molecular complexity index is 335. The molecule has 0 aliphatic carbocycles. The monoisotopic (exact) mass is 274 g/mol. The van der Waals surface area contributed by atoms with Crippen molar-refractivity contribution in [1.82, 2.24) is 10.2 Å². The first kappa shape index (κ1) is 15.1. The molecule has 2 atom stereocenters. The summed E-state index contributed by atoms with van der Waals surface area (Å²) in [7, 11) is 3.78. The van der Waals surface area contributed by atoms with Crippen molar-refractivity contribution in [2.45, 2.75) is 12.5 Å². The predicted molar refractivity (Wildman–Crippen MR) is 63.4 cm³/mol. The van der Waals surface area contributed by atoms with Gasteiger partial charge in [0.2, 0.25) is 0 Å². The molecule has 1 heterocycles. The van der Waals surface area contributed by atoms with Crippen LogP contribution in [0.25, 0.3) is 0 Å². The van der Waals surface area contributed by atoms with Crippen LogP contribution in [-0.4, -0.2) is 63.5 Å². The van der Waals surface area contributed by atoms with Crippen molar-refractivity contribution < 1.29 is 28.6 Å². The van der Waals surface area contributed by atoms with Gasteiger partial charge in [-0.05, 0) is 6.42 Å². The Hall–Kier alpha value is -1.99. The van der Waals surface area contributed by atoms with Crippen LogP contribution in [0.1, 0.15) is 6.42 Å². The largest absolute Gasteiger partial charge is 0.469 e. The lowest BCUT2D eigenvalue weighted by Gasteiger charge is -2.35. The average molecular weight is 274 g/mol. The number of rotatable bonds is 2. The number of carbonyl (C=O) groups excluding carboxylic acids is 3. The van der Waals surface area contributed by atoms with Gasteiger partial charge in [0, 0.05) is 13.1 Å². The predicted octanol–water partition coefficient (Wildman–Crippen LogP) is -0.0277. The molecule has 0 aromatic heterocycles. The van der Waals surface area contributed by atoms with E-state index in [-0.39, 0.29) is 19.1 Å². The van der Waals surface area contributed by atoms with Crippen molar-refractivity contribution in [3.8, 4) is 0 Å². The quantitative estimate of drug-likeness (QED) is 0.561. The molecule has 0 radical (unpaired) electrons. The molecular weight excluding hydrogens is 256 g/mol. The highest BCUT2D eigenvalue weighted by atomic mass is 16.5. The average Bonchev–Trinajstić information content (AvgIpc) is 2.44. The number of carbonyl (C=O) groups is 3. The Labute approximate surface area is 111 Å². The molecule has 1 N–H and O–H groups in total. The topological polar surface area (TPSA) is 94.2 Å². The van der Waals surface area contributed by atoms with Gasteiger partial charge in [0.1, 0.15) is 0 Å². The van der Waals surface area contributed by atoms with Gasteiger partial charge in [0.15, 0.2) is 0 Å². The molecule has 1 aliphatic heterocycles. The lowest BCUT2D eigenvalue weighted by Crippen LogP contribution is -2.54. The summed E-state index contributed by atoms with van der Waals surface area (Å²) >= 11 is 0. The number of esters is 1. The number of ether oxygens (including phenoxy) is 3. The summed E-state index contributed by atoms with van der Waals surface area (Å²) < 4.78 is 13.8. The number of hydrogen-bond donors (Lipinski definition) is 1. The smallest absolute Gasteiger partial charge is 0.409 e. The molecule has 0 saturated carbocycles. The lowest BCUT2D eigenvalue weighted by atomic mass is 9.94. The third-order valence-corrected chi connectivity index (χ3v) is 2.93. The molecule has 1 fully saturated rings. The maximum Gasteiger partial charge on any atom is 0.409 e. The first-order valence-electron chi connectivity index (χ1n) is 5.77. The minimum absolute atomic E-state index is 0.207. The van der Waals surface area contributed by atoms with E-state index in [9.17, 15) is 14.4 Å². The van der Waals surface area contributed by atoms with Gasteiger partial charge in [0.25, 0.3) is 0 Å². The van der Waals surface area contributed by atoms with E-state index in [0.29, 0.717) is 6.42 Å². The van der Waals surface area contributed by atoms with Gasteiger partial charge in [-0.15, -0.1) is 0 Å². The number of nitrogens with one attached hydrogen (secondary N) is 1. The van der Waals surface area contributed by atoms with Crippen LogP contribution in [0.4, 0.5) is 9.59 Å². The summed E-state index contributed by atoms with van der Waals surface area (Å²) in [5.74, 6) is -0.926. The van der Waals surface area contributed by atoms with Crippen LogP contribution in [0.15, 0.2) is 0 Å². The minimum atomic E-state index is -0.611. The van der Waals surface area contributed by atoms with Crippen LogP contribution >= 0.6 is 0 Å². The summed E-state index contributed by atoms with van der Waals surface area (Å²) in [5.41, 5.74) is 0. The second kappa shape index (κ2) is 6.81. The molecule has 108 valence electrons. The third kappa shape index (κ3) is 4.01. The number of hydrogen-bond acceptors (Lipinski definition) is 6. The van der Waals surface area contributed by atoms with E-state index in [1.807, 2.05) is 0 Å². The van der Waals surface area contributed by atoms with E-state index in [1.165, 1.54) is 26.2 Å². The summed E-state index contributed by atoms with van der Waals surface area (Å²) in [6.07, 6.45) is -0.777. The van der Waals surface area contributed by atoms with Gasteiger partial charge >= 0.3 is 18.2 Å². The van der Waals surface area contributed by atoms with Crippen molar-refractivity contribution in [2.24, 2.45) is 5.92 Å². The molecule has 2 amide bonds. The van der Waals surface area contributed by atoms with E-state index in [1.54, 1.807) is 0 Å².